The minimum absolute atomic E-state index is 0.0298. The van der Waals surface area contributed by atoms with Gasteiger partial charge in [0.2, 0.25) is 11.6 Å². The standard InChI is InChI=1S/C38H45F3N2O13/c1-34(2)55-29-11-20-21-10-23(39)22-9-18(44)7-8-35(22,3)37(21,41)27(47)13-36(20,4)38(29,56-34)28(48)17-53-31(49)6-5-19(45)15-52-16-26-25(46)12-30(54-26)43-14-24(40)32(50)42-33(43)51/h7-9,14,20-21,23,25-27,29-30,46-47H,5-6,10-13,15-17H2,1-4H3,(H,42,50,51)/t20?,21?,23-,25?,26?,27-,29+,30?,35?,36?,37-,38+/m0/s1. The van der Waals surface area contributed by atoms with E-state index in [1.807, 2.05) is 0 Å². The molecular weight excluding hydrogens is 749 g/mol. The molecule has 2 saturated heterocycles. The van der Waals surface area contributed by atoms with Crippen LogP contribution in [-0.2, 0) is 42.9 Å². The summed E-state index contributed by atoms with van der Waals surface area (Å²) in [5.74, 6) is -6.89. The van der Waals surface area contributed by atoms with Gasteiger partial charge in [-0.05, 0) is 63.7 Å². The van der Waals surface area contributed by atoms with Crippen molar-refractivity contribution in [1.29, 1.82) is 0 Å². The molecule has 12 atom stereocenters. The second-order valence-electron chi connectivity index (χ2n) is 16.7. The number of hydrogen-bond acceptors (Lipinski definition) is 13. The zero-order valence-corrected chi connectivity index (χ0v) is 31.3. The number of ether oxygens (including phenoxy) is 5. The molecule has 7 unspecified atom stereocenters. The summed E-state index contributed by atoms with van der Waals surface area (Å²) in [6, 6.07) is 0. The Bertz CT molecular complexity index is 2010. The number of aliphatic hydroxyl groups excluding tert-OH is 2. The number of allylic oxidation sites excluding steroid dienone is 4. The number of carbonyl (C=O) groups excluding carboxylic acids is 4. The van der Waals surface area contributed by atoms with Crippen molar-refractivity contribution in [2.75, 3.05) is 19.8 Å². The molecule has 306 valence electrons. The lowest BCUT2D eigenvalue weighted by Crippen LogP contribution is -2.71. The molecule has 6 aliphatic rings. The minimum atomic E-state index is -2.39. The fourth-order valence-corrected chi connectivity index (χ4v) is 10.4. The van der Waals surface area contributed by atoms with Crippen LogP contribution in [-0.4, -0.2) is 111 Å². The number of nitrogens with one attached hydrogen (secondary N) is 1. The van der Waals surface area contributed by atoms with Crippen LogP contribution < -0.4 is 11.2 Å². The van der Waals surface area contributed by atoms with Crippen molar-refractivity contribution < 1.29 is 66.2 Å². The molecule has 0 spiro atoms. The van der Waals surface area contributed by atoms with Crippen molar-refractivity contribution in [3.63, 3.8) is 0 Å². The number of nitrogens with zero attached hydrogens (tertiary/aromatic N) is 1. The fourth-order valence-electron chi connectivity index (χ4n) is 10.4. The molecule has 3 saturated carbocycles. The van der Waals surface area contributed by atoms with Crippen molar-refractivity contribution in [3.05, 3.63) is 56.7 Å². The molecule has 1 aromatic heterocycles. The zero-order valence-electron chi connectivity index (χ0n) is 31.3. The number of halogens is 3. The van der Waals surface area contributed by atoms with E-state index in [1.165, 1.54) is 19.1 Å². The maximum absolute atomic E-state index is 17.6. The van der Waals surface area contributed by atoms with Gasteiger partial charge in [-0.3, -0.25) is 33.5 Å². The van der Waals surface area contributed by atoms with Crippen molar-refractivity contribution in [2.24, 2.45) is 22.7 Å². The number of esters is 1. The molecule has 5 fully saturated rings. The van der Waals surface area contributed by atoms with E-state index in [-0.39, 0.29) is 44.3 Å². The number of aliphatic hydroxyl groups is 2. The largest absolute Gasteiger partial charge is 0.458 e. The van der Waals surface area contributed by atoms with Crippen molar-refractivity contribution >= 4 is 23.3 Å². The molecule has 2 aliphatic heterocycles. The molecule has 3 heterocycles. The summed E-state index contributed by atoms with van der Waals surface area (Å²) < 4.78 is 76.9. The maximum Gasteiger partial charge on any atom is 0.330 e. The number of aromatic nitrogens is 2. The highest BCUT2D eigenvalue weighted by Gasteiger charge is 2.80. The van der Waals surface area contributed by atoms with E-state index in [0.29, 0.717) is 6.20 Å². The van der Waals surface area contributed by atoms with E-state index in [4.69, 9.17) is 23.7 Å². The Morgan fingerprint density at radius 2 is 1.77 bits per heavy atom. The first kappa shape index (κ1) is 40.4. The first-order valence-electron chi connectivity index (χ1n) is 18.6. The lowest BCUT2D eigenvalue weighted by molar-refractivity contribution is -0.249. The quantitative estimate of drug-likeness (QED) is 0.273. The van der Waals surface area contributed by atoms with Gasteiger partial charge in [-0.2, -0.15) is 4.39 Å². The molecule has 0 aromatic carbocycles. The van der Waals surface area contributed by atoms with Crippen LogP contribution in [0.5, 0.6) is 0 Å². The van der Waals surface area contributed by atoms with E-state index in [1.54, 1.807) is 25.8 Å². The van der Waals surface area contributed by atoms with Crippen molar-refractivity contribution in [2.45, 2.75) is 120 Å². The van der Waals surface area contributed by atoms with Gasteiger partial charge in [0.15, 0.2) is 35.2 Å². The Morgan fingerprint density at radius 1 is 1.04 bits per heavy atom. The Hall–Kier alpha value is -3.81. The van der Waals surface area contributed by atoms with E-state index in [9.17, 15) is 43.4 Å². The molecule has 3 N–H and O–H groups in total. The predicted octanol–water partition coefficient (Wildman–Crippen LogP) is 1.62. The third-order valence-corrected chi connectivity index (χ3v) is 13.0. The third-order valence-electron chi connectivity index (χ3n) is 13.0. The van der Waals surface area contributed by atoms with Crippen LogP contribution in [0.3, 0.4) is 0 Å². The lowest BCUT2D eigenvalue weighted by atomic mass is 9.44. The highest BCUT2D eigenvalue weighted by Crippen LogP contribution is 2.72. The number of H-pyrrole nitrogens is 1. The van der Waals surface area contributed by atoms with Crippen LogP contribution in [0.15, 0.2) is 39.6 Å². The third kappa shape index (κ3) is 6.18. The van der Waals surface area contributed by atoms with E-state index in [2.05, 4.69) is 0 Å². The smallest absolute Gasteiger partial charge is 0.330 e. The second kappa shape index (κ2) is 13.9. The van der Waals surface area contributed by atoms with Crippen molar-refractivity contribution in [1.82, 2.24) is 9.55 Å². The number of aromatic amines is 1. The summed E-state index contributed by atoms with van der Waals surface area (Å²) in [5, 5.41) is 22.0. The van der Waals surface area contributed by atoms with Crippen LogP contribution in [0.1, 0.15) is 72.4 Å². The molecule has 0 bridgehead atoms. The predicted molar refractivity (Wildman–Crippen MR) is 184 cm³/mol. The van der Waals surface area contributed by atoms with Crippen LogP contribution in [0.2, 0.25) is 0 Å². The molecule has 18 heteroatoms. The number of Topliss-reactive ketones (excluding diaryl/α,β-unsaturated/α-hetero) is 2. The Balaban J connectivity index is 0.959. The average molecular weight is 795 g/mol. The normalized spacial score (nSPS) is 40.7. The molecule has 1 aromatic rings. The van der Waals surface area contributed by atoms with Crippen LogP contribution in [0.25, 0.3) is 0 Å². The van der Waals surface area contributed by atoms with Gasteiger partial charge in [-0.1, -0.05) is 13.0 Å². The van der Waals surface area contributed by atoms with Gasteiger partial charge in [0.1, 0.15) is 25.1 Å². The number of carbonyl (C=O) groups is 4. The number of hydrogen-bond donors (Lipinski definition) is 3. The van der Waals surface area contributed by atoms with Gasteiger partial charge in [-0.15, -0.1) is 0 Å². The summed E-state index contributed by atoms with van der Waals surface area (Å²) in [7, 11) is 0. The molecule has 15 nitrogen and oxygen atoms in total. The lowest BCUT2D eigenvalue weighted by Gasteiger charge is -2.63. The van der Waals surface area contributed by atoms with E-state index >= 15 is 8.78 Å². The van der Waals surface area contributed by atoms with Gasteiger partial charge < -0.3 is 33.9 Å². The summed E-state index contributed by atoms with van der Waals surface area (Å²) in [6.07, 6.45) is -4.69. The molecule has 56 heavy (non-hydrogen) atoms. The van der Waals surface area contributed by atoms with Gasteiger partial charge >= 0.3 is 11.7 Å². The van der Waals surface area contributed by atoms with Gasteiger partial charge in [0.05, 0.1) is 37.5 Å². The Labute approximate surface area is 318 Å². The molecular formula is C38H45F3N2O13. The zero-order chi connectivity index (χ0) is 40.7. The van der Waals surface area contributed by atoms with Crippen molar-refractivity contribution in [3.8, 4) is 0 Å². The topological polar surface area (TPSA) is 210 Å². The van der Waals surface area contributed by atoms with Gasteiger partial charge in [0.25, 0.3) is 5.56 Å². The molecule has 7 rings (SSSR count). The molecule has 0 radical (unpaired) electrons. The first-order valence-corrected chi connectivity index (χ1v) is 18.6. The fraction of sp³-hybridized carbons (Fsp3) is 0.684. The minimum Gasteiger partial charge on any atom is -0.458 e. The van der Waals surface area contributed by atoms with Crippen LogP contribution >= 0.6 is 0 Å². The number of rotatable bonds is 11. The Kier molecular flexibility index (Phi) is 10.1. The van der Waals surface area contributed by atoms with E-state index < -0.39 is 137 Å². The first-order chi connectivity index (χ1) is 26.2. The Morgan fingerprint density at radius 3 is 2.50 bits per heavy atom. The van der Waals surface area contributed by atoms with Crippen LogP contribution in [0, 0.1) is 28.5 Å². The average Bonchev–Trinajstić information content (AvgIpc) is 3.71. The van der Waals surface area contributed by atoms with Crippen LogP contribution in [0.4, 0.5) is 13.2 Å². The summed E-state index contributed by atoms with van der Waals surface area (Å²) in [4.78, 5) is 76.9. The van der Waals surface area contributed by atoms with Gasteiger partial charge in [0, 0.05) is 29.6 Å². The second-order valence-corrected chi connectivity index (χ2v) is 16.7. The highest BCUT2D eigenvalue weighted by molar-refractivity contribution is 6.01. The molecule has 4 aliphatic carbocycles. The monoisotopic (exact) mass is 794 g/mol. The SMILES string of the molecule is CC1(C)O[C@@H]2CC3C4C[C@H](F)C5=CC(=O)C=CC5(C)[C@@]4(F)[C@@H](O)CC3(C)[C@]2(C(=O)COC(=O)CCC(=O)COCC2OC(n3cc(F)c(=O)[nH]c3=O)CC2O)O1. The number of ketones is 3. The van der Waals surface area contributed by atoms with Gasteiger partial charge in [-0.25, -0.2) is 13.6 Å². The number of alkyl halides is 2. The number of fused-ring (bicyclic) bond motifs is 7. The maximum atomic E-state index is 17.6. The summed E-state index contributed by atoms with van der Waals surface area (Å²) in [6.45, 7) is 4.81. The summed E-state index contributed by atoms with van der Waals surface area (Å²) >= 11 is 0. The molecule has 0 amide bonds. The van der Waals surface area contributed by atoms with E-state index in [0.717, 1.165) is 10.6 Å². The summed E-state index contributed by atoms with van der Waals surface area (Å²) in [5.41, 5.74) is -9.28. The highest BCUT2D eigenvalue weighted by atomic mass is 19.1.